The molecule has 0 aliphatic heterocycles. The van der Waals surface area contributed by atoms with Crippen molar-refractivity contribution in [1.29, 1.82) is 0 Å². The van der Waals surface area contributed by atoms with Crippen LogP contribution < -0.4 is 24.0 Å². The molecule has 27 heavy (non-hydrogen) atoms. The van der Waals surface area contributed by atoms with Gasteiger partial charge < -0.3 is 33.2 Å². The fourth-order valence-electron chi connectivity index (χ4n) is 2.61. The first-order valence-electron chi connectivity index (χ1n) is 9.99. The highest BCUT2D eigenvalue weighted by Gasteiger charge is 2.08. The molecule has 0 atom stereocenters. The highest BCUT2D eigenvalue weighted by Crippen LogP contribution is 2.07. The van der Waals surface area contributed by atoms with E-state index in [9.17, 15) is 4.79 Å². The number of rotatable bonds is 11. The third-order valence-electron chi connectivity index (χ3n) is 4.22. The van der Waals surface area contributed by atoms with E-state index in [1.807, 2.05) is 12.1 Å². The zero-order valence-corrected chi connectivity index (χ0v) is 19.7. The molecule has 0 aliphatic carbocycles. The van der Waals surface area contributed by atoms with E-state index in [-0.39, 0.29) is 29.9 Å². The lowest BCUT2D eigenvalue weighted by Gasteiger charge is -2.23. The van der Waals surface area contributed by atoms with Gasteiger partial charge in [0.25, 0.3) is 0 Å². The minimum Gasteiger partial charge on any atom is -1.00 e. The molecule has 1 aromatic rings. The lowest BCUT2D eigenvalue weighted by molar-refractivity contribution is -0.870. The van der Waals surface area contributed by atoms with Crippen LogP contribution in [0.2, 0.25) is 0 Å². The third kappa shape index (κ3) is 13.7. The number of carbonyl (C=O) groups excluding carboxylic acids is 1. The van der Waals surface area contributed by atoms with Crippen LogP contribution in [0.1, 0.15) is 74.2 Å². The average molecular weight is 485 g/mol. The minimum atomic E-state index is -0.245. The number of hydrogen-bond donors (Lipinski definition) is 0. The van der Waals surface area contributed by atoms with Gasteiger partial charge in [0.1, 0.15) is 0 Å². The van der Waals surface area contributed by atoms with E-state index in [0.717, 1.165) is 35.9 Å². The van der Waals surface area contributed by atoms with Crippen molar-refractivity contribution in [3.8, 4) is 11.8 Å². The second-order valence-electron chi connectivity index (χ2n) is 7.90. The molecule has 0 radical (unpaired) electrons. The SMILES string of the molecule is CCCCCCCC#Cc1ccc(C(=O)OCCCC[N+](C)(C)C)cc1.[I-]. The van der Waals surface area contributed by atoms with Crippen LogP contribution in [-0.4, -0.2) is 44.7 Å². The molecule has 0 N–H and O–H groups in total. The van der Waals surface area contributed by atoms with E-state index < -0.39 is 0 Å². The van der Waals surface area contributed by atoms with Gasteiger partial charge in [0.2, 0.25) is 0 Å². The maximum atomic E-state index is 12.0. The second-order valence-corrected chi connectivity index (χ2v) is 7.90. The lowest BCUT2D eigenvalue weighted by Crippen LogP contribution is -3.00. The summed E-state index contributed by atoms with van der Waals surface area (Å²) in [6.45, 7) is 3.80. The first-order valence-corrected chi connectivity index (χ1v) is 9.99. The van der Waals surface area contributed by atoms with Crippen molar-refractivity contribution in [2.45, 2.75) is 58.3 Å². The second kappa shape index (κ2) is 14.9. The van der Waals surface area contributed by atoms with E-state index in [4.69, 9.17) is 4.74 Å². The number of esters is 1. The summed E-state index contributed by atoms with van der Waals surface area (Å²) in [5.74, 6) is 6.15. The van der Waals surface area contributed by atoms with E-state index in [2.05, 4.69) is 39.9 Å². The van der Waals surface area contributed by atoms with Crippen molar-refractivity contribution in [3.63, 3.8) is 0 Å². The lowest BCUT2D eigenvalue weighted by atomic mass is 10.1. The Morgan fingerprint density at radius 1 is 0.963 bits per heavy atom. The number of hydrogen-bond acceptors (Lipinski definition) is 2. The Labute approximate surface area is 183 Å². The molecule has 0 aromatic heterocycles. The number of halogens is 1. The van der Waals surface area contributed by atoms with Crippen molar-refractivity contribution in [2.75, 3.05) is 34.3 Å². The Hall–Kier alpha value is -1.06. The third-order valence-corrected chi connectivity index (χ3v) is 4.22. The number of nitrogens with zero attached hydrogens (tertiary/aromatic N) is 1. The first kappa shape index (κ1) is 25.9. The first-order chi connectivity index (χ1) is 12.4. The number of quaternary nitrogens is 1. The summed E-state index contributed by atoms with van der Waals surface area (Å²) >= 11 is 0. The Morgan fingerprint density at radius 3 is 2.26 bits per heavy atom. The fourth-order valence-corrected chi connectivity index (χ4v) is 2.61. The molecular formula is C23H36INO2. The summed E-state index contributed by atoms with van der Waals surface area (Å²) in [7, 11) is 6.51. The highest BCUT2D eigenvalue weighted by molar-refractivity contribution is 5.89. The predicted octanol–water partition coefficient (Wildman–Crippen LogP) is 2.05. The Morgan fingerprint density at radius 2 is 1.63 bits per heavy atom. The summed E-state index contributed by atoms with van der Waals surface area (Å²) in [5, 5.41) is 0. The van der Waals surface area contributed by atoms with Gasteiger partial charge in [-0.25, -0.2) is 4.79 Å². The van der Waals surface area contributed by atoms with Gasteiger partial charge in [-0.1, -0.05) is 44.4 Å². The molecule has 4 heteroatoms. The van der Waals surface area contributed by atoms with Crippen LogP contribution in [0.5, 0.6) is 0 Å². The molecule has 0 fully saturated rings. The van der Waals surface area contributed by atoms with E-state index >= 15 is 0 Å². The Balaban J connectivity index is 0.00000676. The van der Waals surface area contributed by atoms with Crippen LogP contribution in [0.3, 0.4) is 0 Å². The summed E-state index contributed by atoms with van der Waals surface area (Å²) in [6, 6.07) is 7.41. The van der Waals surface area contributed by atoms with Crippen LogP contribution in [0.15, 0.2) is 24.3 Å². The standard InChI is InChI=1S/C23H36NO2.HI/c1-5-6-7-8-9-10-11-14-21-15-17-22(18-16-21)23(25)26-20-13-12-19-24(2,3)4;/h15-18H,5-10,12-13,19-20H2,1-4H3;1H/q+1;/p-1. The van der Waals surface area contributed by atoms with Crippen LogP contribution in [-0.2, 0) is 4.74 Å². The molecule has 0 bridgehead atoms. The Kier molecular flexibility index (Phi) is 14.3. The largest absolute Gasteiger partial charge is 1.00 e. The predicted molar refractivity (Wildman–Crippen MR) is 109 cm³/mol. The molecule has 0 spiro atoms. The van der Waals surface area contributed by atoms with Crippen molar-refractivity contribution in [2.24, 2.45) is 0 Å². The molecule has 0 heterocycles. The van der Waals surface area contributed by atoms with Gasteiger partial charge in [0.15, 0.2) is 0 Å². The van der Waals surface area contributed by atoms with Gasteiger partial charge >= 0.3 is 5.97 Å². The van der Waals surface area contributed by atoms with Crippen molar-refractivity contribution in [3.05, 3.63) is 35.4 Å². The number of benzene rings is 1. The molecule has 0 saturated heterocycles. The zero-order valence-electron chi connectivity index (χ0n) is 17.5. The number of carbonyl (C=O) groups is 1. The maximum absolute atomic E-state index is 12.0. The molecule has 3 nitrogen and oxygen atoms in total. The molecule has 152 valence electrons. The van der Waals surface area contributed by atoms with Crippen molar-refractivity contribution in [1.82, 2.24) is 0 Å². The molecule has 0 saturated carbocycles. The van der Waals surface area contributed by atoms with Crippen LogP contribution in [0.4, 0.5) is 0 Å². The summed E-state index contributed by atoms with van der Waals surface area (Å²) in [6.07, 6.45) is 9.25. The summed E-state index contributed by atoms with van der Waals surface area (Å²) in [5.41, 5.74) is 1.56. The van der Waals surface area contributed by atoms with Gasteiger partial charge in [-0.05, 0) is 43.5 Å². The van der Waals surface area contributed by atoms with Gasteiger partial charge in [0.05, 0.1) is 39.9 Å². The van der Waals surface area contributed by atoms with E-state index in [0.29, 0.717) is 12.2 Å². The topological polar surface area (TPSA) is 26.3 Å². The van der Waals surface area contributed by atoms with Gasteiger partial charge in [-0.2, -0.15) is 0 Å². The summed E-state index contributed by atoms with van der Waals surface area (Å²) in [4.78, 5) is 12.0. The van der Waals surface area contributed by atoms with Gasteiger partial charge in [-0.15, -0.1) is 0 Å². The van der Waals surface area contributed by atoms with Gasteiger partial charge in [-0.3, -0.25) is 0 Å². The minimum absolute atomic E-state index is 0. The highest BCUT2D eigenvalue weighted by atomic mass is 127. The normalized spacial score (nSPS) is 10.5. The fraction of sp³-hybridized carbons (Fsp3) is 0.609. The molecule has 0 unspecified atom stereocenters. The van der Waals surface area contributed by atoms with Crippen LogP contribution in [0, 0.1) is 11.8 Å². The average Bonchev–Trinajstić information content (AvgIpc) is 2.60. The molecule has 1 rings (SSSR count). The van der Waals surface area contributed by atoms with Crippen LogP contribution >= 0.6 is 0 Å². The maximum Gasteiger partial charge on any atom is 0.338 e. The molecule has 0 amide bonds. The van der Waals surface area contributed by atoms with Crippen molar-refractivity contribution < 1.29 is 38.0 Å². The quantitative estimate of drug-likeness (QED) is 0.158. The monoisotopic (exact) mass is 485 g/mol. The van der Waals surface area contributed by atoms with Crippen LogP contribution in [0.25, 0.3) is 0 Å². The Bertz CT molecular complexity index is 579. The molecular weight excluding hydrogens is 449 g/mol. The van der Waals surface area contributed by atoms with E-state index in [1.54, 1.807) is 12.1 Å². The zero-order chi connectivity index (χ0) is 19.3. The molecule has 0 aliphatic rings. The van der Waals surface area contributed by atoms with E-state index in [1.165, 1.54) is 32.1 Å². The summed E-state index contributed by atoms with van der Waals surface area (Å²) < 4.78 is 6.29. The smallest absolute Gasteiger partial charge is 0.338 e. The number of ether oxygens (including phenoxy) is 1. The van der Waals surface area contributed by atoms with Crippen molar-refractivity contribution >= 4 is 5.97 Å². The molecule has 1 aromatic carbocycles. The van der Waals surface area contributed by atoms with Gasteiger partial charge in [0, 0.05) is 12.0 Å². The number of unbranched alkanes of at least 4 members (excludes halogenated alkanes) is 6.